The number of nitrogens with one attached hydrogen (secondary N) is 2. The SMILES string of the molecule is CCNC(=NCC1CC1)NC1CCc2nc(COC)nn2C1. The van der Waals surface area contributed by atoms with Crippen LogP contribution in [0, 0.1) is 5.92 Å². The summed E-state index contributed by atoms with van der Waals surface area (Å²) in [6, 6.07) is 0.349. The molecule has 3 rings (SSSR count). The van der Waals surface area contributed by atoms with Crippen molar-refractivity contribution in [2.45, 2.75) is 51.8 Å². The van der Waals surface area contributed by atoms with Crippen LogP contribution in [0.3, 0.4) is 0 Å². The standard InChI is InChI=1S/C15H26N6O/c1-3-16-15(17-8-11-4-5-11)18-12-6-7-14-19-13(10-22-2)20-21(14)9-12/h11-12H,3-10H2,1-2H3,(H2,16,17,18). The van der Waals surface area contributed by atoms with E-state index in [0.717, 1.165) is 56.0 Å². The lowest BCUT2D eigenvalue weighted by atomic mass is 10.1. The third-order valence-electron chi connectivity index (χ3n) is 4.06. The highest BCUT2D eigenvalue weighted by atomic mass is 16.5. The van der Waals surface area contributed by atoms with E-state index in [2.05, 4.69) is 32.6 Å². The average molecular weight is 306 g/mol. The summed E-state index contributed by atoms with van der Waals surface area (Å²) in [7, 11) is 1.67. The van der Waals surface area contributed by atoms with Gasteiger partial charge in [0.2, 0.25) is 0 Å². The Bertz CT molecular complexity index is 522. The second-order valence-electron chi connectivity index (χ2n) is 6.10. The van der Waals surface area contributed by atoms with Crippen molar-refractivity contribution in [3.05, 3.63) is 11.6 Å². The van der Waals surface area contributed by atoms with Crippen LogP contribution in [0.25, 0.3) is 0 Å². The van der Waals surface area contributed by atoms with Gasteiger partial charge in [-0.1, -0.05) is 0 Å². The zero-order valence-electron chi connectivity index (χ0n) is 13.5. The van der Waals surface area contributed by atoms with Gasteiger partial charge in [-0.3, -0.25) is 4.99 Å². The topological polar surface area (TPSA) is 76.4 Å². The highest BCUT2D eigenvalue weighted by molar-refractivity contribution is 5.80. The first-order chi connectivity index (χ1) is 10.8. The number of aliphatic imine (C=N–C) groups is 1. The van der Waals surface area contributed by atoms with Crippen LogP contribution in [0.2, 0.25) is 0 Å². The van der Waals surface area contributed by atoms with E-state index in [9.17, 15) is 0 Å². The molecule has 0 saturated heterocycles. The zero-order chi connectivity index (χ0) is 15.4. The molecule has 22 heavy (non-hydrogen) atoms. The Morgan fingerprint density at radius 2 is 2.27 bits per heavy atom. The van der Waals surface area contributed by atoms with Gasteiger partial charge in [0.1, 0.15) is 12.4 Å². The smallest absolute Gasteiger partial charge is 0.191 e. The van der Waals surface area contributed by atoms with Crippen molar-refractivity contribution in [1.29, 1.82) is 0 Å². The molecule has 0 spiro atoms. The van der Waals surface area contributed by atoms with Crippen molar-refractivity contribution in [3.8, 4) is 0 Å². The Hall–Kier alpha value is -1.63. The fraction of sp³-hybridized carbons (Fsp3) is 0.800. The fourth-order valence-electron chi connectivity index (χ4n) is 2.70. The highest BCUT2D eigenvalue weighted by Gasteiger charge is 2.23. The van der Waals surface area contributed by atoms with Gasteiger partial charge >= 0.3 is 0 Å². The molecule has 1 unspecified atom stereocenters. The van der Waals surface area contributed by atoms with Crippen LogP contribution in [0.15, 0.2) is 4.99 Å². The zero-order valence-corrected chi connectivity index (χ0v) is 13.5. The molecule has 7 nitrogen and oxygen atoms in total. The Balaban J connectivity index is 1.58. The quantitative estimate of drug-likeness (QED) is 0.598. The van der Waals surface area contributed by atoms with Crippen LogP contribution in [0.4, 0.5) is 0 Å². The Morgan fingerprint density at radius 3 is 3.00 bits per heavy atom. The molecular weight excluding hydrogens is 280 g/mol. The highest BCUT2D eigenvalue weighted by Crippen LogP contribution is 2.28. The van der Waals surface area contributed by atoms with Gasteiger partial charge in [0.05, 0.1) is 6.54 Å². The average Bonchev–Trinajstić information content (AvgIpc) is 3.25. The summed E-state index contributed by atoms with van der Waals surface area (Å²) in [4.78, 5) is 9.20. The number of ether oxygens (including phenoxy) is 1. The lowest BCUT2D eigenvalue weighted by Gasteiger charge is -2.25. The van der Waals surface area contributed by atoms with Crippen molar-refractivity contribution in [3.63, 3.8) is 0 Å². The van der Waals surface area contributed by atoms with E-state index >= 15 is 0 Å². The molecule has 1 saturated carbocycles. The van der Waals surface area contributed by atoms with Gasteiger partial charge in [-0.05, 0) is 32.1 Å². The minimum atomic E-state index is 0.349. The molecule has 2 heterocycles. The number of guanidine groups is 1. The number of hydrogen-bond acceptors (Lipinski definition) is 4. The monoisotopic (exact) mass is 306 g/mol. The Kier molecular flexibility index (Phi) is 4.92. The van der Waals surface area contributed by atoms with Crippen molar-refractivity contribution in [2.24, 2.45) is 10.9 Å². The molecule has 1 atom stereocenters. The van der Waals surface area contributed by atoms with E-state index in [1.807, 2.05) is 4.68 Å². The second-order valence-corrected chi connectivity index (χ2v) is 6.10. The van der Waals surface area contributed by atoms with Gasteiger partial charge < -0.3 is 15.4 Å². The molecular formula is C15H26N6O. The molecule has 2 N–H and O–H groups in total. The van der Waals surface area contributed by atoms with E-state index in [4.69, 9.17) is 4.74 Å². The molecule has 1 aromatic heterocycles. The molecule has 0 amide bonds. The molecule has 1 aliphatic carbocycles. The first kappa shape index (κ1) is 15.3. The van der Waals surface area contributed by atoms with Crippen LogP contribution in [-0.4, -0.2) is 47.0 Å². The number of fused-ring (bicyclic) bond motifs is 1. The van der Waals surface area contributed by atoms with Crippen LogP contribution in [0.5, 0.6) is 0 Å². The molecule has 1 aromatic rings. The van der Waals surface area contributed by atoms with E-state index in [1.165, 1.54) is 12.8 Å². The lowest BCUT2D eigenvalue weighted by Crippen LogP contribution is -2.47. The van der Waals surface area contributed by atoms with Crippen LogP contribution in [-0.2, 0) is 24.3 Å². The van der Waals surface area contributed by atoms with Gasteiger partial charge in [0, 0.05) is 32.7 Å². The van der Waals surface area contributed by atoms with E-state index < -0.39 is 0 Å². The minimum Gasteiger partial charge on any atom is -0.377 e. The molecule has 7 heteroatoms. The summed E-state index contributed by atoms with van der Waals surface area (Å²) in [5, 5.41) is 11.4. The van der Waals surface area contributed by atoms with Gasteiger partial charge in [-0.15, -0.1) is 0 Å². The number of hydrogen-bond donors (Lipinski definition) is 2. The first-order valence-electron chi connectivity index (χ1n) is 8.25. The number of rotatable bonds is 6. The van der Waals surface area contributed by atoms with Crippen molar-refractivity contribution >= 4 is 5.96 Å². The number of aryl methyl sites for hydroxylation is 1. The lowest BCUT2D eigenvalue weighted by molar-refractivity contribution is 0.177. The molecule has 1 fully saturated rings. The van der Waals surface area contributed by atoms with Gasteiger partial charge in [0.25, 0.3) is 0 Å². The second kappa shape index (κ2) is 7.09. The summed E-state index contributed by atoms with van der Waals surface area (Å²) in [5.74, 6) is 3.57. The predicted molar refractivity (Wildman–Crippen MR) is 84.7 cm³/mol. The minimum absolute atomic E-state index is 0.349. The first-order valence-corrected chi connectivity index (χ1v) is 8.25. The summed E-state index contributed by atoms with van der Waals surface area (Å²) >= 11 is 0. The summed E-state index contributed by atoms with van der Waals surface area (Å²) in [5.41, 5.74) is 0. The molecule has 2 aliphatic rings. The summed E-state index contributed by atoms with van der Waals surface area (Å²) in [6.45, 7) is 5.23. The number of methoxy groups -OCH3 is 1. The normalized spacial score (nSPS) is 21.5. The summed E-state index contributed by atoms with van der Waals surface area (Å²) < 4.78 is 7.11. The van der Waals surface area contributed by atoms with Crippen LogP contribution < -0.4 is 10.6 Å². The largest absolute Gasteiger partial charge is 0.377 e. The van der Waals surface area contributed by atoms with Crippen molar-refractivity contribution < 1.29 is 4.74 Å². The van der Waals surface area contributed by atoms with E-state index in [0.29, 0.717) is 12.6 Å². The van der Waals surface area contributed by atoms with Crippen LogP contribution in [0.1, 0.15) is 37.8 Å². The van der Waals surface area contributed by atoms with Crippen LogP contribution >= 0.6 is 0 Å². The third-order valence-corrected chi connectivity index (χ3v) is 4.06. The maximum Gasteiger partial charge on any atom is 0.191 e. The molecule has 122 valence electrons. The van der Waals surface area contributed by atoms with E-state index in [-0.39, 0.29) is 0 Å². The fourth-order valence-corrected chi connectivity index (χ4v) is 2.70. The summed E-state index contributed by atoms with van der Waals surface area (Å²) in [6.07, 6.45) is 4.66. The van der Waals surface area contributed by atoms with Gasteiger partial charge in [-0.2, -0.15) is 5.10 Å². The molecule has 0 bridgehead atoms. The molecule has 0 radical (unpaired) electrons. The maximum atomic E-state index is 5.11. The van der Waals surface area contributed by atoms with Crippen molar-refractivity contribution in [2.75, 3.05) is 20.2 Å². The van der Waals surface area contributed by atoms with Gasteiger partial charge in [-0.25, -0.2) is 9.67 Å². The number of aromatic nitrogens is 3. The Labute approximate surface area is 131 Å². The molecule has 0 aromatic carbocycles. The molecule has 1 aliphatic heterocycles. The predicted octanol–water partition coefficient (Wildman–Crippen LogP) is 0.704. The van der Waals surface area contributed by atoms with Gasteiger partial charge in [0.15, 0.2) is 11.8 Å². The Morgan fingerprint density at radius 1 is 1.41 bits per heavy atom. The van der Waals surface area contributed by atoms with Crippen molar-refractivity contribution in [1.82, 2.24) is 25.4 Å². The third kappa shape index (κ3) is 3.97. The van der Waals surface area contributed by atoms with E-state index in [1.54, 1.807) is 7.11 Å². The maximum absolute atomic E-state index is 5.11. The number of nitrogens with zero attached hydrogens (tertiary/aromatic N) is 4.